The highest BCUT2D eigenvalue weighted by atomic mass is 19.4. The van der Waals surface area contributed by atoms with Crippen LogP contribution in [0.3, 0.4) is 0 Å². The van der Waals surface area contributed by atoms with Gasteiger partial charge in [-0.3, -0.25) is 0 Å². The number of allylic oxidation sites excluding steroid dienone is 2. The molecule has 0 saturated carbocycles. The fourth-order valence-electron chi connectivity index (χ4n) is 4.19. The Hall–Kier alpha value is -3.60. The lowest BCUT2D eigenvalue weighted by Gasteiger charge is -2.11. The molecular formula is C31H28F4O. The third kappa shape index (κ3) is 6.75. The molecule has 36 heavy (non-hydrogen) atoms. The average Bonchev–Trinajstić information content (AvgIpc) is 2.88. The number of halogens is 4. The molecule has 4 aromatic carbocycles. The van der Waals surface area contributed by atoms with Crippen molar-refractivity contribution in [3.8, 4) is 16.9 Å². The van der Waals surface area contributed by atoms with Crippen LogP contribution in [0.15, 0.2) is 91.0 Å². The van der Waals surface area contributed by atoms with Crippen molar-refractivity contribution in [1.29, 1.82) is 0 Å². The molecule has 4 aromatic rings. The van der Waals surface area contributed by atoms with E-state index >= 15 is 4.39 Å². The van der Waals surface area contributed by atoms with Crippen LogP contribution in [-0.4, -0.2) is 12.8 Å². The first-order valence-electron chi connectivity index (χ1n) is 12.0. The molecule has 0 aromatic heterocycles. The van der Waals surface area contributed by atoms with Crippen molar-refractivity contribution in [1.82, 2.24) is 0 Å². The van der Waals surface area contributed by atoms with Crippen LogP contribution in [0.5, 0.6) is 5.75 Å². The van der Waals surface area contributed by atoms with Gasteiger partial charge in [0.05, 0.1) is 0 Å². The Labute approximate surface area is 209 Å². The summed E-state index contributed by atoms with van der Waals surface area (Å²) in [6.45, 7) is 0.704. The Balaban J connectivity index is 1.42. The lowest BCUT2D eigenvalue weighted by Crippen LogP contribution is -2.19. The first kappa shape index (κ1) is 25.5. The zero-order valence-electron chi connectivity index (χ0n) is 20.1. The molecule has 0 radical (unpaired) electrons. The van der Waals surface area contributed by atoms with Crippen molar-refractivity contribution in [2.45, 2.75) is 38.8 Å². The van der Waals surface area contributed by atoms with Gasteiger partial charge >= 0.3 is 6.18 Å². The Kier molecular flexibility index (Phi) is 8.09. The van der Waals surface area contributed by atoms with Crippen molar-refractivity contribution in [3.05, 3.63) is 114 Å². The molecule has 0 aliphatic rings. The minimum Gasteiger partial charge on any atom is -0.484 e. The van der Waals surface area contributed by atoms with Crippen LogP contribution in [-0.2, 0) is 19.3 Å². The topological polar surface area (TPSA) is 9.23 Å². The van der Waals surface area contributed by atoms with E-state index in [1.54, 1.807) is 12.1 Å². The summed E-state index contributed by atoms with van der Waals surface area (Å²) in [5.74, 6) is -0.0736. The van der Waals surface area contributed by atoms with Crippen molar-refractivity contribution < 1.29 is 22.3 Å². The molecule has 0 spiro atoms. The van der Waals surface area contributed by atoms with Gasteiger partial charge < -0.3 is 4.74 Å². The molecule has 1 nitrogen and oxygen atoms in total. The van der Waals surface area contributed by atoms with Crippen molar-refractivity contribution in [2.75, 3.05) is 6.61 Å². The Bertz CT molecular complexity index is 1320. The van der Waals surface area contributed by atoms with Gasteiger partial charge in [0.15, 0.2) is 6.61 Å². The molecular weight excluding hydrogens is 464 g/mol. The van der Waals surface area contributed by atoms with Gasteiger partial charge in [-0.25, -0.2) is 4.39 Å². The average molecular weight is 493 g/mol. The molecule has 4 rings (SSSR count). The molecule has 0 saturated heterocycles. The predicted octanol–water partition coefficient (Wildman–Crippen LogP) is 8.88. The minimum atomic E-state index is -4.37. The highest BCUT2D eigenvalue weighted by molar-refractivity contribution is 5.88. The normalized spacial score (nSPS) is 11.9. The van der Waals surface area contributed by atoms with Gasteiger partial charge in [0.1, 0.15) is 11.6 Å². The summed E-state index contributed by atoms with van der Waals surface area (Å²) in [6, 6.07) is 24.5. The Morgan fingerprint density at radius 1 is 0.750 bits per heavy atom. The van der Waals surface area contributed by atoms with Crippen LogP contribution in [0.25, 0.3) is 21.9 Å². The minimum absolute atomic E-state index is 0.159. The molecule has 0 bridgehead atoms. The molecule has 0 amide bonds. The van der Waals surface area contributed by atoms with Crippen LogP contribution in [0.2, 0.25) is 0 Å². The lowest BCUT2D eigenvalue weighted by atomic mass is 9.96. The van der Waals surface area contributed by atoms with Gasteiger partial charge in [0, 0.05) is 5.39 Å². The number of hydrogen-bond donors (Lipinski definition) is 0. The number of fused-ring (bicyclic) bond motifs is 1. The van der Waals surface area contributed by atoms with Crippen LogP contribution in [0.4, 0.5) is 17.6 Å². The van der Waals surface area contributed by atoms with E-state index in [2.05, 4.69) is 36.4 Å². The van der Waals surface area contributed by atoms with Crippen molar-refractivity contribution >= 4 is 10.8 Å². The van der Waals surface area contributed by atoms with Gasteiger partial charge in [-0.05, 0) is 84.0 Å². The zero-order chi connectivity index (χ0) is 25.5. The summed E-state index contributed by atoms with van der Waals surface area (Å²) in [6.07, 6.45) is 2.94. The van der Waals surface area contributed by atoms with E-state index in [4.69, 9.17) is 4.74 Å². The number of aryl methyl sites for hydroxylation is 3. The highest BCUT2D eigenvalue weighted by Gasteiger charge is 2.28. The number of ether oxygens (including phenoxy) is 1. The maximum Gasteiger partial charge on any atom is 0.422 e. The summed E-state index contributed by atoms with van der Waals surface area (Å²) in [5, 5.41) is 1.42. The lowest BCUT2D eigenvalue weighted by molar-refractivity contribution is -0.153. The van der Waals surface area contributed by atoms with Crippen molar-refractivity contribution in [3.63, 3.8) is 0 Å². The molecule has 0 heterocycles. The van der Waals surface area contributed by atoms with Crippen LogP contribution < -0.4 is 4.74 Å². The van der Waals surface area contributed by atoms with Crippen LogP contribution in [0.1, 0.15) is 30.0 Å². The monoisotopic (exact) mass is 492 g/mol. The molecule has 0 fully saturated rings. The van der Waals surface area contributed by atoms with Gasteiger partial charge in [-0.1, -0.05) is 72.8 Å². The summed E-state index contributed by atoms with van der Waals surface area (Å²) in [4.78, 5) is 0. The van der Waals surface area contributed by atoms with Gasteiger partial charge in [0.2, 0.25) is 0 Å². The highest BCUT2D eigenvalue weighted by Crippen LogP contribution is 2.29. The zero-order valence-corrected chi connectivity index (χ0v) is 20.1. The van der Waals surface area contributed by atoms with Crippen molar-refractivity contribution in [2.24, 2.45) is 0 Å². The number of alkyl halides is 3. The molecule has 5 heteroatoms. The second-order valence-corrected chi connectivity index (χ2v) is 8.83. The summed E-state index contributed by atoms with van der Waals surface area (Å²) >= 11 is 0. The molecule has 0 aliphatic heterocycles. The fraction of sp³-hybridized carbons (Fsp3) is 0.226. The van der Waals surface area contributed by atoms with E-state index in [0.29, 0.717) is 23.8 Å². The standard InChI is InChI=1S/C31H28F4O/c1-2-3-4-5-22-6-11-24(12-7-22)26-16-19-29-27(20-26)15-14-25(30(29)32)13-8-23-9-17-28(18-10-23)36-21-31(33,34)35/h2-3,6-7,9-12,14-20H,4-5,8,13,21H2,1H3/b3-2+. The number of benzene rings is 4. The first-order chi connectivity index (χ1) is 17.3. The van der Waals surface area contributed by atoms with E-state index in [1.807, 2.05) is 37.3 Å². The van der Waals surface area contributed by atoms with E-state index < -0.39 is 12.8 Å². The van der Waals surface area contributed by atoms with Gasteiger partial charge in [0.25, 0.3) is 0 Å². The third-order valence-corrected chi connectivity index (χ3v) is 6.17. The van der Waals surface area contributed by atoms with Gasteiger partial charge in [-0.15, -0.1) is 0 Å². The third-order valence-electron chi connectivity index (χ3n) is 6.17. The maximum absolute atomic E-state index is 15.3. The quantitative estimate of drug-likeness (QED) is 0.167. The van der Waals surface area contributed by atoms with Crippen LogP contribution in [0, 0.1) is 5.82 Å². The summed E-state index contributed by atoms with van der Waals surface area (Å²) < 4.78 is 56.8. The van der Waals surface area contributed by atoms with Gasteiger partial charge in [-0.2, -0.15) is 13.2 Å². The Morgan fingerprint density at radius 3 is 2.11 bits per heavy atom. The van der Waals surface area contributed by atoms with Crippen LogP contribution >= 0.6 is 0 Å². The smallest absolute Gasteiger partial charge is 0.422 e. The second kappa shape index (κ2) is 11.4. The van der Waals surface area contributed by atoms with E-state index in [9.17, 15) is 13.2 Å². The molecule has 0 atom stereocenters. The fourth-order valence-corrected chi connectivity index (χ4v) is 4.19. The van der Waals surface area contributed by atoms with E-state index in [1.165, 1.54) is 17.7 Å². The Morgan fingerprint density at radius 2 is 1.42 bits per heavy atom. The number of rotatable bonds is 9. The van der Waals surface area contributed by atoms with E-state index in [0.717, 1.165) is 34.9 Å². The largest absolute Gasteiger partial charge is 0.484 e. The molecule has 186 valence electrons. The first-order valence-corrected chi connectivity index (χ1v) is 12.0. The maximum atomic E-state index is 15.3. The molecule has 0 N–H and O–H groups in total. The predicted molar refractivity (Wildman–Crippen MR) is 138 cm³/mol. The summed E-state index contributed by atoms with van der Waals surface area (Å²) in [7, 11) is 0. The number of hydrogen-bond acceptors (Lipinski definition) is 1. The second-order valence-electron chi connectivity index (χ2n) is 8.83. The SMILES string of the molecule is C/C=C/CCc1ccc(-c2ccc3c(F)c(CCc4ccc(OCC(F)(F)F)cc4)ccc3c2)cc1. The molecule has 0 unspecified atom stereocenters. The van der Waals surface area contributed by atoms with E-state index in [-0.39, 0.29) is 11.6 Å². The summed E-state index contributed by atoms with van der Waals surface area (Å²) in [5.41, 5.74) is 4.94. The molecule has 0 aliphatic carbocycles.